The molecule has 4 nitrogen and oxygen atoms in total. The van der Waals surface area contributed by atoms with Gasteiger partial charge in [0.2, 0.25) is 10.0 Å². The molecule has 1 N–H and O–H groups in total. The SMILES string of the molecule is O=S(=O)(NC[C@@H]1CCC(c2ccc(Cl)cc2Cl)N(c2ccc(Cl)cc2)C1)C1CCCCC1. The summed E-state index contributed by atoms with van der Waals surface area (Å²) >= 11 is 18.8. The largest absolute Gasteiger partial charge is 0.364 e. The van der Waals surface area contributed by atoms with Gasteiger partial charge in [-0.05, 0) is 73.6 Å². The molecule has 1 saturated carbocycles. The number of nitrogens with zero attached hydrogens (tertiary/aromatic N) is 1. The van der Waals surface area contributed by atoms with Crippen molar-refractivity contribution in [1.29, 1.82) is 0 Å². The second-order valence-corrected chi connectivity index (χ2v) is 12.2. The van der Waals surface area contributed by atoms with Gasteiger partial charge in [-0.25, -0.2) is 13.1 Å². The molecule has 2 aromatic rings. The molecule has 8 heteroatoms. The molecule has 2 atom stereocenters. The maximum absolute atomic E-state index is 12.8. The Hall–Kier alpha value is -0.980. The number of sulfonamides is 1. The summed E-state index contributed by atoms with van der Waals surface area (Å²) in [5, 5.41) is 1.71. The van der Waals surface area contributed by atoms with E-state index in [0.29, 0.717) is 21.6 Å². The van der Waals surface area contributed by atoms with Gasteiger partial charge in [-0.2, -0.15) is 0 Å². The molecule has 32 heavy (non-hydrogen) atoms. The molecule has 174 valence electrons. The van der Waals surface area contributed by atoms with Crippen molar-refractivity contribution in [3.63, 3.8) is 0 Å². The number of hydrogen-bond acceptors (Lipinski definition) is 3. The molecular formula is C24H29Cl3N2O2S. The summed E-state index contributed by atoms with van der Waals surface area (Å²) in [5.41, 5.74) is 2.08. The fourth-order valence-corrected chi connectivity index (χ4v) is 7.27. The number of rotatable bonds is 6. The van der Waals surface area contributed by atoms with Crippen LogP contribution in [0, 0.1) is 5.92 Å². The first-order valence-corrected chi connectivity index (χ1v) is 14.0. The molecule has 2 fully saturated rings. The molecule has 1 aliphatic heterocycles. The van der Waals surface area contributed by atoms with E-state index in [1.807, 2.05) is 36.4 Å². The molecule has 4 rings (SSSR count). The van der Waals surface area contributed by atoms with Crippen LogP contribution in [0.5, 0.6) is 0 Å². The molecule has 2 aromatic carbocycles. The number of nitrogens with one attached hydrogen (secondary N) is 1. The van der Waals surface area contributed by atoms with Crippen LogP contribution in [0.15, 0.2) is 42.5 Å². The Kier molecular flexibility index (Phi) is 7.94. The Morgan fingerprint density at radius 3 is 2.25 bits per heavy atom. The van der Waals surface area contributed by atoms with Gasteiger partial charge < -0.3 is 4.90 Å². The molecule has 1 saturated heterocycles. The third kappa shape index (κ3) is 5.74. The first-order valence-electron chi connectivity index (χ1n) is 11.3. The van der Waals surface area contributed by atoms with Crippen LogP contribution >= 0.6 is 34.8 Å². The lowest BCUT2D eigenvalue weighted by molar-refractivity contribution is 0.357. The first-order chi connectivity index (χ1) is 15.3. The van der Waals surface area contributed by atoms with E-state index in [2.05, 4.69) is 9.62 Å². The van der Waals surface area contributed by atoms with Crippen LogP contribution in [0.3, 0.4) is 0 Å². The average Bonchev–Trinajstić information content (AvgIpc) is 2.79. The summed E-state index contributed by atoms with van der Waals surface area (Å²) in [4.78, 5) is 2.31. The number of benzene rings is 2. The molecule has 0 bridgehead atoms. The van der Waals surface area contributed by atoms with Crippen molar-refractivity contribution in [2.24, 2.45) is 5.92 Å². The lowest BCUT2D eigenvalue weighted by Gasteiger charge is -2.42. The quantitative estimate of drug-likeness (QED) is 0.457. The minimum Gasteiger partial charge on any atom is -0.364 e. The monoisotopic (exact) mass is 514 g/mol. The summed E-state index contributed by atoms with van der Waals surface area (Å²) in [7, 11) is -3.27. The van der Waals surface area contributed by atoms with Gasteiger partial charge in [0.15, 0.2) is 0 Å². The summed E-state index contributed by atoms with van der Waals surface area (Å²) < 4.78 is 28.6. The third-order valence-electron chi connectivity index (χ3n) is 6.72. The van der Waals surface area contributed by atoms with Gasteiger partial charge in [-0.1, -0.05) is 60.1 Å². The Labute approximate surface area is 206 Å². The Morgan fingerprint density at radius 2 is 1.56 bits per heavy atom. The van der Waals surface area contributed by atoms with Gasteiger partial charge >= 0.3 is 0 Å². The Balaban J connectivity index is 1.51. The first kappa shape index (κ1) is 24.2. The van der Waals surface area contributed by atoms with Gasteiger partial charge in [0.25, 0.3) is 0 Å². The van der Waals surface area contributed by atoms with Crippen LogP contribution in [0.2, 0.25) is 15.1 Å². The van der Waals surface area contributed by atoms with Crippen LogP contribution in [0.1, 0.15) is 56.6 Å². The zero-order valence-electron chi connectivity index (χ0n) is 17.9. The van der Waals surface area contributed by atoms with Crippen molar-refractivity contribution in [1.82, 2.24) is 4.72 Å². The zero-order valence-corrected chi connectivity index (χ0v) is 21.0. The van der Waals surface area contributed by atoms with E-state index < -0.39 is 10.0 Å². The van der Waals surface area contributed by atoms with E-state index in [0.717, 1.165) is 62.7 Å². The highest BCUT2D eigenvalue weighted by Gasteiger charge is 2.33. The maximum Gasteiger partial charge on any atom is 0.214 e. The predicted molar refractivity (Wildman–Crippen MR) is 135 cm³/mol. The summed E-state index contributed by atoms with van der Waals surface area (Å²) in [6, 6.07) is 13.5. The van der Waals surface area contributed by atoms with Crippen molar-refractivity contribution in [3.8, 4) is 0 Å². The Bertz CT molecular complexity index is 1020. The molecular weight excluding hydrogens is 487 g/mol. The lowest BCUT2D eigenvalue weighted by Crippen LogP contribution is -2.44. The summed E-state index contributed by atoms with van der Waals surface area (Å²) in [6.07, 6.45) is 6.48. The zero-order chi connectivity index (χ0) is 22.7. The number of halogens is 3. The van der Waals surface area contributed by atoms with Crippen molar-refractivity contribution in [2.45, 2.75) is 56.2 Å². The highest BCUT2D eigenvalue weighted by atomic mass is 35.5. The predicted octanol–water partition coefficient (Wildman–Crippen LogP) is 6.86. The Morgan fingerprint density at radius 1 is 0.875 bits per heavy atom. The normalized spacial score (nSPS) is 22.8. The summed E-state index contributed by atoms with van der Waals surface area (Å²) in [5.74, 6) is 0.214. The van der Waals surface area contributed by atoms with Gasteiger partial charge in [0.05, 0.1) is 11.3 Å². The molecule has 1 unspecified atom stereocenters. The smallest absolute Gasteiger partial charge is 0.214 e. The van der Waals surface area contributed by atoms with Crippen LogP contribution in [-0.2, 0) is 10.0 Å². The van der Waals surface area contributed by atoms with E-state index in [4.69, 9.17) is 34.8 Å². The topological polar surface area (TPSA) is 49.4 Å². The van der Waals surface area contributed by atoms with Gasteiger partial charge in [-0.15, -0.1) is 0 Å². The second kappa shape index (κ2) is 10.5. The molecule has 0 amide bonds. The van der Waals surface area contributed by atoms with Crippen LogP contribution in [0.4, 0.5) is 5.69 Å². The van der Waals surface area contributed by atoms with Crippen molar-refractivity contribution in [2.75, 3.05) is 18.0 Å². The lowest BCUT2D eigenvalue weighted by atomic mass is 9.88. The van der Waals surface area contributed by atoms with E-state index >= 15 is 0 Å². The number of hydrogen-bond donors (Lipinski definition) is 1. The highest BCUT2D eigenvalue weighted by molar-refractivity contribution is 7.90. The van der Waals surface area contributed by atoms with Crippen LogP contribution in [0.25, 0.3) is 0 Å². The summed E-state index contributed by atoms with van der Waals surface area (Å²) in [6.45, 7) is 1.20. The standard InChI is InChI=1S/C24H29Cl3N2O2S/c25-18-7-10-20(11-8-18)29-16-17(15-28-32(30,31)21-4-2-1-3-5-21)6-13-24(29)22-12-9-19(26)14-23(22)27/h7-12,14,17,21,24,28H,1-6,13,15-16H2/t17-,24?/m0/s1. The second-order valence-electron chi connectivity index (χ2n) is 8.91. The molecule has 0 aromatic heterocycles. The minimum atomic E-state index is -3.27. The van der Waals surface area contributed by atoms with E-state index in [9.17, 15) is 8.42 Å². The van der Waals surface area contributed by atoms with Gasteiger partial charge in [0.1, 0.15) is 0 Å². The van der Waals surface area contributed by atoms with Crippen molar-refractivity contribution >= 4 is 50.5 Å². The van der Waals surface area contributed by atoms with Crippen LogP contribution in [-0.4, -0.2) is 26.8 Å². The molecule has 2 aliphatic rings. The number of piperidine rings is 1. The van der Waals surface area contributed by atoms with E-state index in [1.54, 1.807) is 6.07 Å². The fraction of sp³-hybridized carbons (Fsp3) is 0.500. The average molecular weight is 516 g/mol. The number of anilines is 1. The molecule has 1 heterocycles. The van der Waals surface area contributed by atoms with Gasteiger partial charge in [-0.3, -0.25) is 0 Å². The molecule has 0 radical (unpaired) electrons. The van der Waals surface area contributed by atoms with Crippen LogP contribution < -0.4 is 9.62 Å². The van der Waals surface area contributed by atoms with Crippen molar-refractivity contribution in [3.05, 3.63) is 63.1 Å². The molecule has 1 aliphatic carbocycles. The molecule has 0 spiro atoms. The van der Waals surface area contributed by atoms with Crippen molar-refractivity contribution < 1.29 is 8.42 Å². The maximum atomic E-state index is 12.8. The van der Waals surface area contributed by atoms with E-state index in [-0.39, 0.29) is 17.2 Å². The van der Waals surface area contributed by atoms with E-state index in [1.165, 1.54) is 0 Å². The fourth-order valence-electron chi connectivity index (χ4n) is 4.95. The van der Waals surface area contributed by atoms with Gasteiger partial charge in [0, 0.05) is 33.8 Å². The third-order valence-corrected chi connectivity index (χ3v) is 9.46. The minimum absolute atomic E-state index is 0.0899. The highest BCUT2D eigenvalue weighted by Crippen LogP contribution is 2.40.